The molecule has 1 atom stereocenters. The smallest absolute Gasteiger partial charge is 0.231 e. The average Bonchev–Trinajstić information content (AvgIpc) is 3.48. The van der Waals surface area contributed by atoms with Gasteiger partial charge in [-0.1, -0.05) is 24.3 Å². The molecule has 1 fully saturated rings. The van der Waals surface area contributed by atoms with Crippen LogP contribution in [0.1, 0.15) is 30.0 Å². The fourth-order valence-corrected chi connectivity index (χ4v) is 4.08. The van der Waals surface area contributed by atoms with E-state index < -0.39 is 0 Å². The van der Waals surface area contributed by atoms with Crippen LogP contribution in [-0.4, -0.2) is 51.4 Å². The molecule has 2 aromatic rings. The minimum Gasteiger partial charge on any atom is -0.496 e. The van der Waals surface area contributed by atoms with Gasteiger partial charge in [0.1, 0.15) is 5.75 Å². The molecule has 7 heteroatoms. The van der Waals surface area contributed by atoms with Gasteiger partial charge in [-0.3, -0.25) is 9.89 Å². The van der Waals surface area contributed by atoms with Crippen LogP contribution < -0.4 is 24.8 Å². The zero-order chi connectivity index (χ0) is 20.8. The van der Waals surface area contributed by atoms with E-state index in [-0.39, 0.29) is 12.8 Å². The quantitative estimate of drug-likeness (QED) is 0.540. The Kier molecular flexibility index (Phi) is 6.59. The fraction of sp³-hybridized carbons (Fsp3) is 0.435. The third-order valence-electron chi connectivity index (χ3n) is 5.66. The average molecular weight is 411 g/mol. The van der Waals surface area contributed by atoms with Crippen LogP contribution in [0.4, 0.5) is 0 Å². The van der Waals surface area contributed by atoms with Crippen molar-refractivity contribution in [1.29, 1.82) is 0 Å². The topological polar surface area (TPSA) is 67.4 Å². The maximum Gasteiger partial charge on any atom is 0.231 e. The molecule has 0 amide bonds. The van der Waals surface area contributed by atoms with Crippen LogP contribution in [0.5, 0.6) is 17.2 Å². The first-order valence-corrected chi connectivity index (χ1v) is 10.5. The lowest BCUT2D eigenvalue weighted by Crippen LogP contribution is -2.42. The van der Waals surface area contributed by atoms with Crippen LogP contribution in [-0.2, 0) is 6.54 Å². The lowest BCUT2D eigenvalue weighted by Gasteiger charge is -2.30. The van der Waals surface area contributed by atoms with Crippen molar-refractivity contribution < 1.29 is 14.2 Å². The van der Waals surface area contributed by atoms with Crippen LogP contribution in [0.3, 0.4) is 0 Å². The predicted molar refractivity (Wildman–Crippen MR) is 117 cm³/mol. The highest BCUT2D eigenvalue weighted by molar-refractivity contribution is 5.79. The second kappa shape index (κ2) is 9.71. The van der Waals surface area contributed by atoms with E-state index in [0.29, 0.717) is 6.54 Å². The van der Waals surface area contributed by atoms with Crippen molar-refractivity contribution in [2.24, 2.45) is 4.99 Å². The second-order valence-corrected chi connectivity index (χ2v) is 7.50. The van der Waals surface area contributed by atoms with Crippen LogP contribution in [0.2, 0.25) is 0 Å². The van der Waals surface area contributed by atoms with Gasteiger partial charge in [0.15, 0.2) is 17.5 Å². The van der Waals surface area contributed by atoms with E-state index in [9.17, 15) is 0 Å². The Labute approximate surface area is 178 Å². The van der Waals surface area contributed by atoms with Gasteiger partial charge in [-0.2, -0.15) is 0 Å². The second-order valence-electron chi connectivity index (χ2n) is 7.50. The van der Waals surface area contributed by atoms with Gasteiger partial charge in [0.05, 0.1) is 13.2 Å². The molecule has 0 bridgehead atoms. The Morgan fingerprint density at radius 1 is 1.10 bits per heavy atom. The summed E-state index contributed by atoms with van der Waals surface area (Å²) in [6.45, 7) is 3.90. The molecule has 1 saturated heterocycles. The molecule has 2 aliphatic rings. The molecule has 2 heterocycles. The van der Waals surface area contributed by atoms with Crippen LogP contribution in [0, 0.1) is 0 Å². The number of ether oxygens (including phenoxy) is 3. The monoisotopic (exact) mass is 410 g/mol. The number of rotatable bonds is 7. The van der Waals surface area contributed by atoms with E-state index in [1.165, 1.54) is 18.4 Å². The van der Waals surface area contributed by atoms with Gasteiger partial charge in [0, 0.05) is 25.7 Å². The van der Waals surface area contributed by atoms with Crippen molar-refractivity contribution >= 4 is 5.96 Å². The maximum atomic E-state index is 5.64. The largest absolute Gasteiger partial charge is 0.496 e. The van der Waals surface area contributed by atoms with Gasteiger partial charge in [0.2, 0.25) is 6.79 Å². The number of nitrogens with one attached hydrogen (secondary N) is 2. The third kappa shape index (κ3) is 4.62. The zero-order valence-electron chi connectivity index (χ0n) is 17.7. The number of likely N-dealkylation sites (tertiary alicyclic amines) is 1. The molecule has 0 aliphatic carbocycles. The number of hydrogen-bond acceptors (Lipinski definition) is 5. The summed E-state index contributed by atoms with van der Waals surface area (Å²) in [5.74, 6) is 3.29. The van der Waals surface area contributed by atoms with Gasteiger partial charge in [0.25, 0.3) is 0 Å². The molecule has 1 unspecified atom stereocenters. The Balaban J connectivity index is 1.40. The summed E-state index contributed by atoms with van der Waals surface area (Å²) >= 11 is 0. The fourth-order valence-electron chi connectivity index (χ4n) is 4.08. The highest BCUT2D eigenvalue weighted by Gasteiger charge is 2.26. The summed E-state index contributed by atoms with van der Waals surface area (Å²) in [6, 6.07) is 14.5. The number of methoxy groups -OCH3 is 1. The molecule has 4 rings (SSSR count). The van der Waals surface area contributed by atoms with Gasteiger partial charge in [-0.15, -0.1) is 0 Å². The SMILES string of the molecule is CN=C(NCc1ccc2c(c1)OCO2)NCC(c1ccccc1OC)N1CCCC1. The van der Waals surface area contributed by atoms with E-state index in [2.05, 4.69) is 32.7 Å². The molecule has 2 N–H and O–H groups in total. The van der Waals surface area contributed by atoms with Gasteiger partial charge in [-0.05, 0) is 49.7 Å². The summed E-state index contributed by atoms with van der Waals surface area (Å²) in [4.78, 5) is 6.92. The van der Waals surface area contributed by atoms with Crippen molar-refractivity contribution in [1.82, 2.24) is 15.5 Å². The molecule has 30 heavy (non-hydrogen) atoms. The Morgan fingerprint density at radius 3 is 2.70 bits per heavy atom. The molecular formula is C23H30N4O3. The molecule has 0 saturated carbocycles. The molecule has 7 nitrogen and oxygen atoms in total. The lowest BCUT2D eigenvalue weighted by molar-refractivity contribution is 0.174. The van der Waals surface area contributed by atoms with Crippen LogP contribution in [0.25, 0.3) is 0 Å². The van der Waals surface area contributed by atoms with Gasteiger partial charge < -0.3 is 24.8 Å². The number of nitrogens with zero attached hydrogens (tertiary/aromatic N) is 2. The molecule has 0 spiro atoms. The molecule has 0 radical (unpaired) electrons. The highest BCUT2D eigenvalue weighted by atomic mass is 16.7. The minimum absolute atomic E-state index is 0.229. The number of para-hydroxylation sites is 1. The van der Waals surface area contributed by atoms with E-state index in [0.717, 1.165) is 48.4 Å². The lowest BCUT2D eigenvalue weighted by atomic mass is 10.0. The molecule has 2 aromatic carbocycles. The maximum absolute atomic E-state index is 5.64. The van der Waals surface area contributed by atoms with Crippen molar-refractivity contribution in [3.05, 3.63) is 53.6 Å². The molecule has 160 valence electrons. The molecular weight excluding hydrogens is 380 g/mol. The first kappa shape index (κ1) is 20.3. The van der Waals surface area contributed by atoms with Crippen molar-refractivity contribution in [3.63, 3.8) is 0 Å². The van der Waals surface area contributed by atoms with Crippen molar-refractivity contribution in [2.45, 2.75) is 25.4 Å². The van der Waals surface area contributed by atoms with E-state index in [1.54, 1.807) is 14.2 Å². The Hall–Kier alpha value is -2.93. The zero-order valence-corrected chi connectivity index (χ0v) is 17.7. The Bertz CT molecular complexity index is 881. The highest BCUT2D eigenvalue weighted by Crippen LogP contribution is 2.33. The summed E-state index contributed by atoms with van der Waals surface area (Å²) in [5.41, 5.74) is 2.32. The standard InChI is InChI=1S/C23H30N4O3/c1-24-23(25-14-17-9-10-21-22(13-17)30-16-29-21)26-15-19(27-11-5-6-12-27)18-7-3-4-8-20(18)28-2/h3-4,7-10,13,19H,5-6,11-12,14-16H2,1-2H3,(H2,24,25,26). The number of hydrogen-bond donors (Lipinski definition) is 2. The number of fused-ring (bicyclic) bond motifs is 1. The minimum atomic E-state index is 0.229. The summed E-state index contributed by atoms with van der Waals surface area (Å²) in [6.07, 6.45) is 2.48. The molecule has 2 aliphatic heterocycles. The Morgan fingerprint density at radius 2 is 1.90 bits per heavy atom. The van der Waals surface area contributed by atoms with Crippen LogP contribution in [0.15, 0.2) is 47.5 Å². The summed E-state index contributed by atoms with van der Waals surface area (Å²) in [7, 11) is 3.53. The predicted octanol–water partition coefficient (Wildman–Crippen LogP) is 2.93. The van der Waals surface area contributed by atoms with E-state index >= 15 is 0 Å². The van der Waals surface area contributed by atoms with Gasteiger partial charge in [-0.25, -0.2) is 0 Å². The number of aliphatic imine (C=N–C) groups is 1. The first-order valence-electron chi connectivity index (χ1n) is 10.5. The first-order chi connectivity index (χ1) is 14.8. The molecule has 0 aromatic heterocycles. The van der Waals surface area contributed by atoms with E-state index in [4.69, 9.17) is 14.2 Å². The number of guanidine groups is 1. The van der Waals surface area contributed by atoms with E-state index in [1.807, 2.05) is 30.3 Å². The normalized spacial score (nSPS) is 17.1. The summed E-state index contributed by atoms with van der Waals surface area (Å²) < 4.78 is 16.5. The van der Waals surface area contributed by atoms with Gasteiger partial charge >= 0.3 is 0 Å². The van der Waals surface area contributed by atoms with Crippen molar-refractivity contribution in [3.8, 4) is 17.2 Å². The number of benzene rings is 2. The summed E-state index contributed by atoms with van der Waals surface area (Å²) in [5, 5.41) is 6.90. The van der Waals surface area contributed by atoms with Crippen LogP contribution >= 0.6 is 0 Å². The third-order valence-corrected chi connectivity index (χ3v) is 5.66. The van der Waals surface area contributed by atoms with Crippen molar-refractivity contribution in [2.75, 3.05) is 40.6 Å².